The second kappa shape index (κ2) is 10.7. The molecule has 5 nitrogen and oxygen atoms in total. The Balaban J connectivity index is 2.65. The van der Waals surface area contributed by atoms with Gasteiger partial charge in [0.1, 0.15) is 6.04 Å². The van der Waals surface area contributed by atoms with Gasteiger partial charge in [0, 0.05) is 12.8 Å². The fourth-order valence-corrected chi connectivity index (χ4v) is 3.73. The summed E-state index contributed by atoms with van der Waals surface area (Å²) in [5.74, 6) is 0.0777. The van der Waals surface area contributed by atoms with Crippen molar-refractivity contribution in [3.8, 4) is 0 Å². The summed E-state index contributed by atoms with van der Waals surface area (Å²) >= 11 is 0. The molecule has 5 heteroatoms. The quantitative estimate of drug-likeness (QED) is 0.267. The third kappa shape index (κ3) is 7.96. The summed E-state index contributed by atoms with van der Waals surface area (Å²) in [4.78, 5) is 36.8. The van der Waals surface area contributed by atoms with E-state index in [1.807, 2.05) is 13.8 Å². The van der Waals surface area contributed by atoms with Crippen LogP contribution in [0.1, 0.15) is 86.0 Å². The lowest BCUT2D eigenvalue weighted by molar-refractivity contribution is -0.144. The fourth-order valence-electron chi connectivity index (χ4n) is 3.73. The van der Waals surface area contributed by atoms with E-state index in [2.05, 4.69) is 13.8 Å². The average molecular weight is 380 g/mol. The Morgan fingerprint density at radius 1 is 1.11 bits per heavy atom. The van der Waals surface area contributed by atoms with Gasteiger partial charge in [-0.2, -0.15) is 0 Å². The molecule has 1 rings (SSSR count). The van der Waals surface area contributed by atoms with Crippen molar-refractivity contribution in [3.63, 3.8) is 0 Å². The summed E-state index contributed by atoms with van der Waals surface area (Å²) in [5, 5.41) is 0. The summed E-state index contributed by atoms with van der Waals surface area (Å²) in [6, 6.07) is -0.567. The molecule has 27 heavy (non-hydrogen) atoms. The Morgan fingerprint density at radius 3 is 2.22 bits per heavy atom. The zero-order valence-corrected chi connectivity index (χ0v) is 17.7. The second-order valence-corrected chi connectivity index (χ2v) is 8.90. The molecule has 0 saturated heterocycles. The van der Waals surface area contributed by atoms with E-state index < -0.39 is 6.04 Å². The van der Waals surface area contributed by atoms with Gasteiger partial charge in [0.05, 0.1) is 12.2 Å². The van der Waals surface area contributed by atoms with Crippen molar-refractivity contribution in [3.05, 3.63) is 11.1 Å². The van der Waals surface area contributed by atoms with Crippen LogP contribution in [-0.4, -0.2) is 30.2 Å². The highest BCUT2D eigenvalue weighted by Gasteiger charge is 2.37. The lowest BCUT2D eigenvalue weighted by Crippen LogP contribution is -2.32. The Hall–Kier alpha value is -1.49. The summed E-state index contributed by atoms with van der Waals surface area (Å²) in [6.07, 6.45) is 5.69. The van der Waals surface area contributed by atoms with Crippen LogP contribution in [0.4, 0.5) is 0 Å². The number of allylic oxidation sites excluding steroid dienone is 2. The molecule has 0 amide bonds. The number of carbonyl (C=O) groups is 3. The maximum atomic E-state index is 12.6. The molecule has 0 aromatic rings. The summed E-state index contributed by atoms with van der Waals surface area (Å²) in [6.45, 7) is 10.3. The van der Waals surface area contributed by atoms with E-state index in [4.69, 9.17) is 10.5 Å². The van der Waals surface area contributed by atoms with E-state index in [0.717, 1.165) is 37.7 Å². The first-order valence-corrected chi connectivity index (χ1v) is 10.3. The Bertz CT molecular complexity index is 553. The van der Waals surface area contributed by atoms with Crippen molar-refractivity contribution in [2.24, 2.45) is 17.1 Å². The molecule has 0 unspecified atom stereocenters. The topological polar surface area (TPSA) is 86.5 Å². The van der Waals surface area contributed by atoms with Crippen LogP contribution in [0.25, 0.3) is 0 Å². The second-order valence-electron chi connectivity index (χ2n) is 8.90. The van der Waals surface area contributed by atoms with Crippen molar-refractivity contribution >= 4 is 17.5 Å². The summed E-state index contributed by atoms with van der Waals surface area (Å²) in [5.41, 5.74) is 7.08. The molecular weight excluding hydrogens is 342 g/mol. The normalized spacial score (nSPS) is 18.0. The van der Waals surface area contributed by atoms with E-state index in [9.17, 15) is 14.4 Å². The third-order valence-corrected chi connectivity index (χ3v) is 4.93. The number of hydrogen-bond acceptors (Lipinski definition) is 5. The molecule has 1 aliphatic rings. The number of nitrogens with two attached hydrogens (primary N) is 1. The highest BCUT2D eigenvalue weighted by molar-refractivity contribution is 6.22. The van der Waals surface area contributed by atoms with Gasteiger partial charge in [-0.1, -0.05) is 46.1 Å². The molecule has 154 valence electrons. The Labute approximate surface area is 164 Å². The standard InChI is InChI=1S/C22H37NO4/c1-6-27-21(26)17(23)11-9-7-8-10-16(12-15(2)3)20-18(24)13-22(4,5)14-19(20)25/h15,17H,6-14,23H2,1-5H3/t17-/m0/s1. The van der Waals surface area contributed by atoms with Crippen LogP contribution < -0.4 is 5.73 Å². The van der Waals surface area contributed by atoms with Gasteiger partial charge in [-0.25, -0.2) is 0 Å². The zero-order chi connectivity index (χ0) is 20.6. The van der Waals surface area contributed by atoms with Gasteiger partial charge in [0.25, 0.3) is 0 Å². The molecule has 0 aromatic heterocycles. The fraction of sp³-hybridized carbons (Fsp3) is 0.773. The number of ether oxygens (including phenoxy) is 1. The van der Waals surface area contributed by atoms with Crippen LogP contribution in [-0.2, 0) is 19.1 Å². The number of Topliss-reactive ketones (excluding diaryl/α,β-unsaturated/α-hetero) is 2. The van der Waals surface area contributed by atoms with Gasteiger partial charge in [-0.3, -0.25) is 14.4 Å². The minimum atomic E-state index is -0.567. The largest absolute Gasteiger partial charge is 0.465 e. The highest BCUT2D eigenvalue weighted by atomic mass is 16.5. The molecule has 0 spiro atoms. The first-order valence-electron chi connectivity index (χ1n) is 10.3. The first-order chi connectivity index (χ1) is 12.6. The molecule has 1 atom stereocenters. The van der Waals surface area contributed by atoms with Gasteiger partial charge in [-0.15, -0.1) is 0 Å². The molecule has 0 aromatic carbocycles. The minimum absolute atomic E-state index is 0.0104. The third-order valence-electron chi connectivity index (χ3n) is 4.93. The van der Waals surface area contributed by atoms with Crippen LogP contribution in [0.3, 0.4) is 0 Å². The van der Waals surface area contributed by atoms with E-state index in [-0.39, 0.29) is 23.0 Å². The predicted molar refractivity (Wildman–Crippen MR) is 107 cm³/mol. The van der Waals surface area contributed by atoms with E-state index in [1.54, 1.807) is 6.92 Å². The molecule has 1 aliphatic carbocycles. The monoisotopic (exact) mass is 379 g/mol. The average Bonchev–Trinajstić information content (AvgIpc) is 2.51. The van der Waals surface area contributed by atoms with Gasteiger partial charge in [0.15, 0.2) is 11.6 Å². The number of carbonyl (C=O) groups excluding carboxylic acids is 3. The SMILES string of the molecule is CCOC(=O)[C@@H](N)CCCCCC(CC(C)C)=C1C(=O)CC(C)(C)CC1=O. The lowest BCUT2D eigenvalue weighted by atomic mass is 9.72. The van der Waals surface area contributed by atoms with Crippen molar-refractivity contribution in [2.45, 2.75) is 92.0 Å². The van der Waals surface area contributed by atoms with Crippen LogP contribution in [0.2, 0.25) is 0 Å². The first kappa shape index (κ1) is 23.5. The molecule has 1 fully saturated rings. The van der Waals surface area contributed by atoms with E-state index >= 15 is 0 Å². The zero-order valence-electron chi connectivity index (χ0n) is 17.7. The number of unbranched alkanes of at least 4 members (excludes halogenated alkanes) is 2. The van der Waals surface area contributed by atoms with Crippen LogP contribution in [0.15, 0.2) is 11.1 Å². The minimum Gasteiger partial charge on any atom is -0.465 e. The molecule has 1 saturated carbocycles. The van der Waals surface area contributed by atoms with Gasteiger partial charge < -0.3 is 10.5 Å². The van der Waals surface area contributed by atoms with Gasteiger partial charge in [-0.05, 0) is 43.9 Å². The van der Waals surface area contributed by atoms with Crippen molar-refractivity contribution in [1.29, 1.82) is 0 Å². The molecule has 0 bridgehead atoms. The highest BCUT2D eigenvalue weighted by Crippen LogP contribution is 2.36. The van der Waals surface area contributed by atoms with E-state index in [1.165, 1.54) is 0 Å². The Kier molecular flexibility index (Phi) is 9.37. The summed E-state index contributed by atoms with van der Waals surface area (Å²) in [7, 11) is 0. The number of ketones is 2. The number of hydrogen-bond donors (Lipinski definition) is 1. The number of esters is 1. The van der Waals surface area contributed by atoms with Crippen molar-refractivity contribution in [1.82, 2.24) is 0 Å². The van der Waals surface area contributed by atoms with Crippen LogP contribution in [0.5, 0.6) is 0 Å². The lowest BCUT2D eigenvalue weighted by Gasteiger charge is -2.30. The van der Waals surface area contributed by atoms with Gasteiger partial charge in [0.2, 0.25) is 0 Å². The summed E-state index contributed by atoms with van der Waals surface area (Å²) < 4.78 is 4.92. The smallest absolute Gasteiger partial charge is 0.322 e. The molecule has 0 heterocycles. The molecule has 0 aliphatic heterocycles. The molecule has 2 N–H and O–H groups in total. The maximum Gasteiger partial charge on any atom is 0.322 e. The van der Waals surface area contributed by atoms with E-state index in [0.29, 0.717) is 37.4 Å². The van der Waals surface area contributed by atoms with Gasteiger partial charge >= 0.3 is 5.97 Å². The van der Waals surface area contributed by atoms with Crippen LogP contribution >= 0.6 is 0 Å². The molecular formula is C22H37NO4. The number of rotatable bonds is 10. The van der Waals surface area contributed by atoms with Crippen LogP contribution in [0, 0.1) is 11.3 Å². The predicted octanol–water partition coefficient (Wildman–Crippen LogP) is 4.13. The molecule has 0 radical (unpaired) electrons. The Morgan fingerprint density at radius 2 is 1.70 bits per heavy atom. The maximum absolute atomic E-state index is 12.6. The van der Waals surface area contributed by atoms with Crippen molar-refractivity contribution < 1.29 is 19.1 Å². The van der Waals surface area contributed by atoms with Crippen molar-refractivity contribution in [2.75, 3.05) is 6.61 Å².